The first-order chi connectivity index (χ1) is 11.5. The number of methoxy groups -OCH3 is 1. The van der Waals surface area contributed by atoms with Crippen LogP contribution in [0, 0.1) is 0 Å². The highest BCUT2D eigenvalue weighted by molar-refractivity contribution is 8.27. The number of hydrogen-bond donors (Lipinski definition) is 1. The van der Waals surface area contributed by atoms with Gasteiger partial charge in [0.1, 0.15) is 0 Å². The van der Waals surface area contributed by atoms with Crippen LogP contribution in [0.25, 0.3) is 6.08 Å². The Bertz CT molecular complexity index is 867. The summed E-state index contributed by atoms with van der Waals surface area (Å²) in [6, 6.07) is 12.0. The summed E-state index contributed by atoms with van der Waals surface area (Å²) in [6.07, 6.45) is 1.60. The molecule has 0 aliphatic carbocycles. The molecule has 1 heterocycles. The van der Waals surface area contributed by atoms with Gasteiger partial charge in [-0.1, -0.05) is 53.8 Å². The largest absolute Gasteiger partial charge is 0.504 e. The summed E-state index contributed by atoms with van der Waals surface area (Å²) in [6.45, 7) is 0. The number of aromatic hydroxyl groups is 1. The first kappa shape index (κ1) is 16.8. The van der Waals surface area contributed by atoms with Crippen molar-refractivity contribution in [1.29, 1.82) is 0 Å². The molecule has 1 aliphatic heterocycles. The van der Waals surface area contributed by atoms with E-state index in [0.717, 1.165) is 0 Å². The predicted molar refractivity (Wildman–Crippen MR) is 102 cm³/mol. The maximum Gasteiger partial charge on any atom is 0.270 e. The third-order valence-electron chi connectivity index (χ3n) is 3.40. The molecule has 7 heteroatoms. The van der Waals surface area contributed by atoms with Gasteiger partial charge < -0.3 is 9.84 Å². The van der Waals surface area contributed by atoms with Gasteiger partial charge in [0.25, 0.3) is 5.91 Å². The van der Waals surface area contributed by atoms with Gasteiger partial charge in [0.15, 0.2) is 15.8 Å². The molecule has 0 saturated carbocycles. The highest BCUT2D eigenvalue weighted by atomic mass is 35.5. The Balaban J connectivity index is 1.97. The van der Waals surface area contributed by atoms with E-state index in [4.69, 9.17) is 28.6 Å². The molecule has 24 heavy (non-hydrogen) atoms. The van der Waals surface area contributed by atoms with Crippen molar-refractivity contribution in [2.45, 2.75) is 0 Å². The second-order valence-corrected chi connectivity index (χ2v) is 7.01. The summed E-state index contributed by atoms with van der Waals surface area (Å²) in [5.74, 6) is 0.0663. The molecule has 0 bridgehead atoms. The third kappa shape index (κ3) is 3.13. The lowest BCUT2D eigenvalue weighted by Crippen LogP contribution is -2.27. The SMILES string of the molecule is COc1cccc(/C=C2\SC(=S)N(c3cccc(Cl)c3)C2=O)c1O. The van der Waals surface area contributed by atoms with E-state index >= 15 is 0 Å². The van der Waals surface area contributed by atoms with E-state index < -0.39 is 0 Å². The van der Waals surface area contributed by atoms with Crippen LogP contribution in [0.5, 0.6) is 11.5 Å². The number of phenolic OH excluding ortho intramolecular Hbond substituents is 1. The maximum absolute atomic E-state index is 12.7. The molecule has 1 aliphatic rings. The number of hydrogen-bond acceptors (Lipinski definition) is 5. The van der Waals surface area contributed by atoms with Gasteiger partial charge in [-0.2, -0.15) is 0 Å². The molecular formula is C17H12ClNO3S2. The van der Waals surface area contributed by atoms with Crippen molar-refractivity contribution < 1.29 is 14.6 Å². The molecule has 1 amide bonds. The number of rotatable bonds is 3. The molecule has 0 atom stereocenters. The molecule has 4 nitrogen and oxygen atoms in total. The number of amides is 1. The molecule has 122 valence electrons. The molecule has 1 saturated heterocycles. The molecule has 0 unspecified atom stereocenters. The van der Waals surface area contributed by atoms with Gasteiger partial charge >= 0.3 is 0 Å². The Morgan fingerprint density at radius 1 is 1.29 bits per heavy atom. The zero-order valence-corrected chi connectivity index (χ0v) is 14.9. The van der Waals surface area contributed by atoms with Gasteiger partial charge in [-0.15, -0.1) is 0 Å². The van der Waals surface area contributed by atoms with Crippen molar-refractivity contribution >= 4 is 57.6 Å². The fourth-order valence-electron chi connectivity index (χ4n) is 2.27. The van der Waals surface area contributed by atoms with Gasteiger partial charge in [0.2, 0.25) is 0 Å². The van der Waals surface area contributed by atoms with Crippen LogP contribution in [-0.2, 0) is 4.79 Å². The molecular weight excluding hydrogens is 366 g/mol. The van der Waals surface area contributed by atoms with Crippen LogP contribution < -0.4 is 9.64 Å². The Kier molecular flexibility index (Phi) is 4.80. The van der Waals surface area contributed by atoms with Gasteiger partial charge in [0.05, 0.1) is 17.7 Å². The van der Waals surface area contributed by atoms with E-state index in [0.29, 0.717) is 31.2 Å². The van der Waals surface area contributed by atoms with Crippen molar-refractivity contribution in [3.63, 3.8) is 0 Å². The second-order valence-electron chi connectivity index (χ2n) is 4.90. The second kappa shape index (κ2) is 6.84. The zero-order valence-electron chi connectivity index (χ0n) is 12.5. The number of carbonyl (C=O) groups is 1. The van der Waals surface area contributed by atoms with Gasteiger partial charge in [0, 0.05) is 10.6 Å². The topological polar surface area (TPSA) is 49.8 Å². The van der Waals surface area contributed by atoms with Gasteiger partial charge in [-0.25, -0.2) is 0 Å². The third-order valence-corrected chi connectivity index (χ3v) is 4.93. The number of phenols is 1. The molecule has 1 N–H and O–H groups in total. The van der Waals surface area contributed by atoms with E-state index in [-0.39, 0.29) is 11.7 Å². The zero-order chi connectivity index (χ0) is 17.3. The maximum atomic E-state index is 12.7. The number of carbonyl (C=O) groups excluding carboxylic acids is 1. The fraction of sp³-hybridized carbons (Fsp3) is 0.0588. The Morgan fingerprint density at radius 3 is 2.75 bits per heavy atom. The number of para-hydroxylation sites is 1. The van der Waals surface area contributed by atoms with Crippen molar-refractivity contribution in [2.24, 2.45) is 0 Å². The van der Waals surface area contributed by atoms with Crippen molar-refractivity contribution in [2.75, 3.05) is 12.0 Å². The van der Waals surface area contributed by atoms with Crippen molar-refractivity contribution in [3.05, 3.63) is 58.0 Å². The number of nitrogens with zero attached hydrogens (tertiary/aromatic N) is 1. The summed E-state index contributed by atoms with van der Waals surface area (Å²) in [7, 11) is 1.47. The standard InChI is InChI=1S/C17H12ClNO3S2/c1-22-13-7-2-4-10(15(13)20)8-14-16(21)19(17(23)24-14)12-6-3-5-11(18)9-12/h2-9,20H,1H3/b14-8-. The number of ether oxygens (including phenoxy) is 1. The lowest BCUT2D eigenvalue weighted by molar-refractivity contribution is -0.113. The fourth-order valence-corrected chi connectivity index (χ4v) is 3.74. The van der Waals surface area contributed by atoms with Crippen LogP contribution in [0.3, 0.4) is 0 Å². The van der Waals surface area contributed by atoms with Gasteiger partial charge in [-0.05, 0) is 30.3 Å². The first-order valence-electron chi connectivity index (χ1n) is 6.91. The Hall–Kier alpha value is -2.02. The van der Waals surface area contributed by atoms with Crippen LogP contribution in [0.1, 0.15) is 5.56 Å². The smallest absolute Gasteiger partial charge is 0.270 e. The predicted octanol–water partition coefficient (Wildman–Crippen LogP) is 4.46. The summed E-state index contributed by atoms with van der Waals surface area (Å²) >= 11 is 12.5. The van der Waals surface area contributed by atoms with Crippen LogP contribution in [-0.4, -0.2) is 22.4 Å². The summed E-state index contributed by atoms with van der Waals surface area (Å²) < 4.78 is 5.49. The number of halogens is 1. The van der Waals surface area contributed by atoms with E-state index in [1.165, 1.54) is 23.8 Å². The minimum atomic E-state index is -0.255. The first-order valence-corrected chi connectivity index (χ1v) is 8.51. The molecule has 2 aromatic rings. The van der Waals surface area contributed by atoms with Crippen LogP contribution in [0.2, 0.25) is 5.02 Å². The van der Waals surface area contributed by atoms with E-state index in [1.54, 1.807) is 48.5 Å². The molecule has 0 radical (unpaired) electrons. The highest BCUT2D eigenvalue weighted by Gasteiger charge is 2.33. The van der Waals surface area contributed by atoms with Crippen molar-refractivity contribution in [3.8, 4) is 11.5 Å². The normalized spacial score (nSPS) is 16.1. The molecule has 3 rings (SSSR count). The average Bonchev–Trinajstić information content (AvgIpc) is 2.83. The monoisotopic (exact) mass is 377 g/mol. The van der Waals surface area contributed by atoms with E-state index in [9.17, 15) is 9.90 Å². The Morgan fingerprint density at radius 2 is 2.04 bits per heavy atom. The van der Waals surface area contributed by atoms with Crippen LogP contribution in [0.4, 0.5) is 5.69 Å². The lowest BCUT2D eigenvalue weighted by atomic mass is 10.1. The van der Waals surface area contributed by atoms with Crippen LogP contribution >= 0.6 is 35.6 Å². The van der Waals surface area contributed by atoms with E-state index in [1.807, 2.05) is 0 Å². The Labute approximate surface area is 153 Å². The average molecular weight is 378 g/mol. The number of anilines is 1. The molecule has 1 fully saturated rings. The van der Waals surface area contributed by atoms with E-state index in [2.05, 4.69) is 0 Å². The number of benzene rings is 2. The number of thiocarbonyl (C=S) groups is 1. The highest BCUT2D eigenvalue weighted by Crippen LogP contribution is 2.39. The summed E-state index contributed by atoms with van der Waals surface area (Å²) in [5.41, 5.74) is 1.10. The number of thioether (sulfide) groups is 1. The van der Waals surface area contributed by atoms with Crippen LogP contribution in [0.15, 0.2) is 47.4 Å². The lowest BCUT2D eigenvalue weighted by Gasteiger charge is -2.14. The minimum Gasteiger partial charge on any atom is -0.504 e. The minimum absolute atomic E-state index is 0.0203. The quantitative estimate of drug-likeness (QED) is 0.632. The van der Waals surface area contributed by atoms with Gasteiger partial charge in [-0.3, -0.25) is 9.69 Å². The molecule has 2 aromatic carbocycles. The molecule has 0 spiro atoms. The van der Waals surface area contributed by atoms with Crippen molar-refractivity contribution in [1.82, 2.24) is 0 Å². The summed E-state index contributed by atoms with van der Waals surface area (Å²) in [5, 5.41) is 10.7. The summed E-state index contributed by atoms with van der Waals surface area (Å²) in [4.78, 5) is 14.5. The molecule has 0 aromatic heterocycles.